The molecule has 1 unspecified atom stereocenters. The number of rotatable bonds is 5. The van der Waals surface area contributed by atoms with Crippen molar-refractivity contribution in [1.82, 2.24) is 19.9 Å². The molecule has 18 heavy (non-hydrogen) atoms. The van der Waals surface area contributed by atoms with Gasteiger partial charge in [0, 0.05) is 18.9 Å². The number of hydrogen-bond acceptors (Lipinski definition) is 4. The van der Waals surface area contributed by atoms with Gasteiger partial charge in [-0.2, -0.15) is 0 Å². The highest BCUT2D eigenvalue weighted by Gasteiger charge is 2.22. The van der Waals surface area contributed by atoms with Crippen molar-refractivity contribution in [3.8, 4) is 0 Å². The maximum atomic E-state index is 4.52. The smallest absolute Gasteiger partial charge is 0.131 e. The largest absolute Gasteiger partial charge is 0.334 e. The van der Waals surface area contributed by atoms with E-state index in [0.717, 1.165) is 29.6 Å². The van der Waals surface area contributed by atoms with Crippen molar-refractivity contribution in [3.05, 3.63) is 33.8 Å². The summed E-state index contributed by atoms with van der Waals surface area (Å²) >= 11 is 1.75. The van der Waals surface area contributed by atoms with E-state index >= 15 is 0 Å². The van der Waals surface area contributed by atoms with Crippen LogP contribution in [0.2, 0.25) is 0 Å². The van der Waals surface area contributed by atoms with E-state index in [1.807, 2.05) is 12.4 Å². The van der Waals surface area contributed by atoms with Gasteiger partial charge >= 0.3 is 0 Å². The molecular weight excluding hydrogens is 244 g/mol. The minimum absolute atomic E-state index is 0.149. The molecule has 98 valence electrons. The fourth-order valence-corrected chi connectivity index (χ4v) is 3.17. The summed E-state index contributed by atoms with van der Waals surface area (Å²) in [6.07, 6.45) is 3.90. The summed E-state index contributed by atoms with van der Waals surface area (Å²) in [6, 6.07) is 0.149. The van der Waals surface area contributed by atoms with Gasteiger partial charge in [0.05, 0.1) is 15.6 Å². The monoisotopic (exact) mass is 264 g/mol. The van der Waals surface area contributed by atoms with Crippen molar-refractivity contribution < 1.29 is 0 Å². The number of aromatic nitrogens is 3. The normalized spacial score (nSPS) is 12.9. The molecule has 2 heterocycles. The van der Waals surface area contributed by atoms with Crippen molar-refractivity contribution in [3.63, 3.8) is 0 Å². The van der Waals surface area contributed by atoms with Crippen LogP contribution in [0.5, 0.6) is 0 Å². The topological polar surface area (TPSA) is 42.7 Å². The van der Waals surface area contributed by atoms with Gasteiger partial charge in [0.15, 0.2) is 0 Å². The van der Waals surface area contributed by atoms with Crippen molar-refractivity contribution >= 4 is 11.3 Å². The van der Waals surface area contributed by atoms with Crippen LogP contribution in [0.1, 0.15) is 41.3 Å². The Morgan fingerprint density at radius 2 is 2.17 bits per heavy atom. The lowest BCUT2D eigenvalue weighted by Gasteiger charge is -2.17. The molecule has 2 aromatic rings. The molecule has 2 aromatic heterocycles. The number of hydrogen-bond donors (Lipinski definition) is 1. The number of thiazole rings is 1. The molecule has 2 rings (SSSR count). The van der Waals surface area contributed by atoms with E-state index in [1.165, 1.54) is 4.88 Å². The van der Waals surface area contributed by atoms with E-state index in [2.05, 4.69) is 47.5 Å². The van der Waals surface area contributed by atoms with E-state index in [-0.39, 0.29) is 6.04 Å². The number of nitrogens with one attached hydrogen (secondary N) is 1. The fraction of sp³-hybridized carbons (Fsp3) is 0.538. The molecule has 0 saturated carbocycles. The van der Waals surface area contributed by atoms with Gasteiger partial charge in [-0.1, -0.05) is 6.92 Å². The Kier molecular flexibility index (Phi) is 4.14. The van der Waals surface area contributed by atoms with Gasteiger partial charge in [0.25, 0.3) is 0 Å². The molecule has 0 aromatic carbocycles. The van der Waals surface area contributed by atoms with Gasteiger partial charge in [-0.3, -0.25) is 0 Å². The molecule has 0 radical (unpaired) electrons. The van der Waals surface area contributed by atoms with Crippen LogP contribution in [0, 0.1) is 13.8 Å². The zero-order valence-corrected chi connectivity index (χ0v) is 12.2. The first kappa shape index (κ1) is 13.2. The molecule has 0 aliphatic heterocycles. The van der Waals surface area contributed by atoms with E-state index in [4.69, 9.17) is 0 Å². The van der Waals surface area contributed by atoms with Crippen molar-refractivity contribution in [2.24, 2.45) is 0 Å². The number of aryl methyl sites for hydroxylation is 3. The Morgan fingerprint density at radius 3 is 2.72 bits per heavy atom. The summed E-state index contributed by atoms with van der Waals surface area (Å²) in [4.78, 5) is 10.3. The van der Waals surface area contributed by atoms with E-state index in [0.29, 0.717) is 0 Å². The standard InChI is InChI=1S/C13H20N4S/c1-5-14-11(12-9(3)16-10(4)18-12)13-15-7-8-17(13)6-2/h7-8,11,14H,5-6H2,1-4H3. The summed E-state index contributed by atoms with van der Waals surface area (Å²) < 4.78 is 2.18. The highest BCUT2D eigenvalue weighted by Crippen LogP contribution is 2.29. The lowest BCUT2D eigenvalue weighted by Crippen LogP contribution is -2.25. The third kappa shape index (κ3) is 2.47. The maximum absolute atomic E-state index is 4.52. The van der Waals surface area contributed by atoms with E-state index in [1.54, 1.807) is 11.3 Å². The summed E-state index contributed by atoms with van der Waals surface area (Å²) in [5.41, 5.74) is 1.11. The van der Waals surface area contributed by atoms with Crippen LogP contribution in [-0.4, -0.2) is 21.1 Å². The first-order valence-electron chi connectivity index (χ1n) is 6.35. The lowest BCUT2D eigenvalue weighted by molar-refractivity contribution is 0.563. The predicted molar refractivity (Wildman–Crippen MR) is 75.0 cm³/mol. The van der Waals surface area contributed by atoms with Crippen LogP contribution in [0.3, 0.4) is 0 Å². The van der Waals surface area contributed by atoms with Gasteiger partial charge in [-0.25, -0.2) is 9.97 Å². The van der Waals surface area contributed by atoms with Crippen LogP contribution in [0.15, 0.2) is 12.4 Å². The number of imidazole rings is 1. The van der Waals surface area contributed by atoms with Crippen LogP contribution < -0.4 is 5.32 Å². The Hall–Kier alpha value is -1.20. The second kappa shape index (κ2) is 5.63. The second-order valence-corrected chi connectivity index (χ2v) is 5.48. The highest BCUT2D eigenvalue weighted by molar-refractivity contribution is 7.11. The third-order valence-corrected chi connectivity index (χ3v) is 4.09. The van der Waals surface area contributed by atoms with Crippen LogP contribution in [-0.2, 0) is 6.54 Å². The van der Waals surface area contributed by atoms with Crippen molar-refractivity contribution in [1.29, 1.82) is 0 Å². The molecule has 0 spiro atoms. The molecule has 0 bridgehead atoms. The average Bonchev–Trinajstić information content (AvgIpc) is 2.92. The van der Waals surface area contributed by atoms with Gasteiger partial charge in [-0.15, -0.1) is 11.3 Å². The Morgan fingerprint density at radius 1 is 1.39 bits per heavy atom. The zero-order valence-electron chi connectivity index (χ0n) is 11.4. The van der Waals surface area contributed by atoms with Crippen LogP contribution >= 0.6 is 11.3 Å². The lowest BCUT2D eigenvalue weighted by atomic mass is 10.2. The Balaban J connectivity index is 2.42. The fourth-order valence-electron chi connectivity index (χ4n) is 2.17. The molecule has 0 saturated heterocycles. The molecule has 0 aliphatic carbocycles. The van der Waals surface area contributed by atoms with Crippen LogP contribution in [0.4, 0.5) is 0 Å². The van der Waals surface area contributed by atoms with Crippen LogP contribution in [0.25, 0.3) is 0 Å². The average molecular weight is 264 g/mol. The second-order valence-electron chi connectivity index (χ2n) is 4.24. The molecule has 1 N–H and O–H groups in total. The SMILES string of the molecule is CCNC(c1sc(C)nc1C)c1nccn1CC. The molecule has 1 atom stereocenters. The van der Waals surface area contributed by atoms with E-state index in [9.17, 15) is 0 Å². The maximum Gasteiger partial charge on any atom is 0.131 e. The molecular formula is C13H20N4S. The van der Waals surface area contributed by atoms with Crippen molar-refractivity contribution in [2.75, 3.05) is 6.54 Å². The number of nitrogens with zero attached hydrogens (tertiary/aromatic N) is 3. The predicted octanol–water partition coefficient (Wildman–Crippen LogP) is 2.68. The molecule has 0 aliphatic rings. The first-order valence-corrected chi connectivity index (χ1v) is 7.17. The van der Waals surface area contributed by atoms with Gasteiger partial charge < -0.3 is 9.88 Å². The summed E-state index contributed by atoms with van der Waals surface area (Å²) in [7, 11) is 0. The van der Waals surface area contributed by atoms with Crippen molar-refractivity contribution in [2.45, 2.75) is 40.3 Å². The van der Waals surface area contributed by atoms with Gasteiger partial charge in [0.2, 0.25) is 0 Å². The van der Waals surface area contributed by atoms with Gasteiger partial charge in [0.1, 0.15) is 11.9 Å². The summed E-state index contributed by atoms with van der Waals surface area (Å²) in [5, 5.41) is 4.63. The molecule has 0 amide bonds. The van der Waals surface area contributed by atoms with E-state index < -0.39 is 0 Å². The molecule has 4 nitrogen and oxygen atoms in total. The minimum atomic E-state index is 0.149. The Labute approximate surface area is 112 Å². The molecule has 5 heteroatoms. The quantitative estimate of drug-likeness (QED) is 0.903. The first-order chi connectivity index (χ1) is 8.67. The summed E-state index contributed by atoms with van der Waals surface area (Å²) in [6.45, 7) is 10.2. The Bertz CT molecular complexity index is 515. The summed E-state index contributed by atoms with van der Waals surface area (Å²) in [5.74, 6) is 1.08. The minimum Gasteiger partial charge on any atom is -0.334 e. The van der Waals surface area contributed by atoms with Gasteiger partial charge in [-0.05, 0) is 27.3 Å². The zero-order chi connectivity index (χ0) is 13.1. The molecule has 0 fully saturated rings. The third-order valence-electron chi connectivity index (χ3n) is 2.96. The highest BCUT2D eigenvalue weighted by atomic mass is 32.1.